The van der Waals surface area contributed by atoms with Crippen LogP contribution in [0.2, 0.25) is 5.02 Å². The molecule has 2 aromatic heterocycles. The Balaban J connectivity index is 1.39. The zero-order chi connectivity index (χ0) is 24.7. The maximum absolute atomic E-state index is 13.5. The van der Waals surface area contributed by atoms with Crippen molar-refractivity contribution in [1.82, 2.24) is 15.0 Å². The summed E-state index contributed by atoms with van der Waals surface area (Å²) in [6.07, 6.45) is 4.64. The van der Waals surface area contributed by atoms with Crippen molar-refractivity contribution < 1.29 is 8.78 Å². The first kappa shape index (κ1) is 23.4. The summed E-state index contributed by atoms with van der Waals surface area (Å²) in [5.41, 5.74) is 8.60. The van der Waals surface area contributed by atoms with Gasteiger partial charge < -0.3 is 16.0 Å². The molecule has 180 valence electrons. The fourth-order valence-corrected chi connectivity index (χ4v) is 4.83. The van der Waals surface area contributed by atoms with Gasteiger partial charge in [-0.15, -0.1) is 0 Å². The van der Waals surface area contributed by atoms with Crippen molar-refractivity contribution in [3.8, 4) is 11.3 Å². The van der Waals surface area contributed by atoms with Gasteiger partial charge in [-0.2, -0.15) is 0 Å². The molecule has 0 saturated heterocycles. The van der Waals surface area contributed by atoms with E-state index in [9.17, 15) is 13.6 Å². The van der Waals surface area contributed by atoms with Crippen LogP contribution in [-0.4, -0.2) is 26.5 Å². The number of nitrogens with one attached hydrogen (secondary N) is 2. The van der Waals surface area contributed by atoms with Gasteiger partial charge in [-0.1, -0.05) is 17.7 Å². The normalized spacial score (nSPS) is 19.9. The summed E-state index contributed by atoms with van der Waals surface area (Å²) in [6.45, 7) is 2.04. The van der Waals surface area contributed by atoms with Gasteiger partial charge in [-0.05, 0) is 62.1 Å². The third-order valence-electron chi connectivity index (χ3n) is 6.33. The first-order valence-electron chi connectivity index (χ1n) is 11.3. The monoisotopic (exact) mass is 495 g/mol. The van der Waals surface area contributed by atoms with E-state index in [2.05, 4.69) is 20.3 Å². The molecule has 2 atom stereocenters. The van der Waals surface area contributed by atoms with Crippen molar-refractivity contribution in [2.75, 3.05) is 5.32 Å². The second-order valence-electron chi connectivity index (χ2n) is 9.49. The second-order valence-corrected chi connectivity index (χ2v) is 9.89. The van der Waals surface area contributed by atoms with Crippen LogP contribution < -0.4 is 16.6 Å². The summed E-state index contributed by atoms with van der Waals surface area (Å²) in [5.74, 6) is -0.858. The minimum absolute atomic E-state index is 0.198. The number of anilines is 1. The number of halogens is 3. The Hall–Kier alpha value is -3.36. The molecule has 0 radical (unpaired) electrons. The molecule has 2 heterocycles. The van der Waals surface area contributed by atoms with Crippen molar-refractivity contribution in [3.05, 3.63) is 87.1 Å². The van der Waals surface area contributed by atoms with Crippen LogP contribution >= 0.6 is 11.6 Å². The highest BCUT2D eigenvalue weighted by Gasteiger charge is 2.31. The van der Waals surface area contributed by atoms with Crippen molar-refractivity contribution in [3.63, 3.8) is 0 Å². The van der Waals surface area contributed by atoms with Gasteiger partial charge in [0.25, 0.3) is 5.56 Å². The minimum Gasteiger partial charge on any atom is -0.381 e. The number of aromatic nitrogens is 3. The van der Waals surface area contributed by atoms with Crippen molar-refractivity contribution in [2.24, 2.45) is 5.73 Å². The predicted octanol–water partition coefficient (Wildman–Crippen LogP) is 5.19. The molecule has 4 N–H and O–H groups in total. The zero-order valence-corrected chi connectivity index (χ0v) is 19.8. The zero-order valence-electron chi connectivity index (χ0n) is 19.0. The van der Waals surface area contributed by atoms with Gasteiger partial charge in [0.15, 0.2) is 0 Å². The van der Waals surface area contributed by atoms with Gasteiger partial charge in [0.2, 0.25) is 0 Å². The maximum atomic E-state index is 13.5. The average Bonchev–Trinajstić information content (AvgIpc) is 3.13. The molecule has 1 aliphatic rings. The van der Waals surface area contributed by atoms with E-state index in [-0.39, 0.29) is 17.1 Å². The summed E-state index contributed by atoms with van der Waals surface area (Å²) in [7, 11) is 0. The summed E-state index contributed by atoms with van der Waals surface area (Å²) < 4.78 is 27.0. The van der Waals surface area contributed by atoms with Crippen LogP contribution in [0.15, 0.2) is 53.5 Å². The van der Waals surface area contributed by atoms with E-state index in [0.29, 0.717) is 39.4 Å². The highest BCUT2D eigenvalue weighted by atomic mass is 35.5. The lowest BCUT2D eigenvalue weighted by Gasteiger charge is -2.19. The van der Waals surface area contributed by atoms with E-state index < -0.39 is 11.6 Å². The number of fused-ring (bicyclic) bond motifs is 1. The molecule has 5 rings (SSSR count). The number of hydrogen-bond donors (Lipinski definition) is 3. The number of rotatable bonds is 5. The van der Waals surface area contributed by atoms with Crippen molar-refractivity contribution >= 4 is 28.2 Å². The number of nitrogens with two attached hydrogens (primary N) is 1. The molecule has 0 unspecified atom stereocenters. The number of pyridine rings is 1. The van der Waals surface area contributed by atoms with Crippen LogP contribution in [0.5, 0.6) is 0 Å². The number of H-pyrrole nitrogens is 1. The topological polar surface area (TPSA) is 96.7 Å². The van der Waals surface area contributed by atoms with Crippen LogP contribution in [0.3, 0.4) is 0 Å². The number of benzene rings is 2. The minimum atomic E-state index is -0.664. The molecule has 6 nitrogen and oxygen atoms in total. The molecule has 0 amide bonds. The smallest absolute Gasteiger partial charge is 0.258 e. The van der Waals surface area contributed by atoms with Crippen molar-refractivity contribution in [2.45, 2.75) is 44.2 Å². The van der Waals surface area contributed by atoms with Crippen LogP contribution in [0.4, 0.5) is 14.5 Å². The number of hydrogen-bond acceptors (Lipinski definition) is 5. The van der Waals surface area contributed by atoms with Crippen LogP contribution in [0.1, 0.15) is 37.6 Å². The summed E-state index contributed by atoms with van der Waals surface area (Å²) in [4.78, 5) is 24.5. The molecule has 35 heavy (non-hydrogen) atoms. The van der Waals surface area contributed by atoms with E-state index >= 15 is 0 Å². The van der Waals surface area contributed by atoms with Gasteiger partial charge in [0, 0.05) is 35.8 Å². The lowest BCUT2D eigenvalue weighted by molar-refractivity contribution is 0.482. The highest BCUT2D eigenvalue weighted by molar-refractivity contribution is 6.34. The van der Waals surface area contributed by atoms with Gasteiger partial charge in [0.1, 0.15) is 17.5 Å². The molecule has 1 aliphatic carbocycles. The van der Waals surface area contributed by atoms with Gasteiger partial charge in [0.05, 0.1) is 27.3 Å². The summed E-state index contributed by atoms with van der Waals surface area (Å²) in [6, 6.07) is 10.4. The molecule has 0 bridgehead atoms. The Kier molecular flexibility index (Phi) is 6.02. The maximum Gasteiger partial charge on any atom is 0.258 e. The highest BCUT2D eigenvalue weighted by Crippen LogP contribution is 2.33. The fraction of sp³-hybridized carbons (Fsp3) is 0.269. The van der Waals surface area contributed by atoms with E-state index in [1.54, 1.807) is 30.5 Å². The standard InChI is InChI=1S/C26H24ClF2N5O/c1-26(30)5-4-18(12-26)32-23-11-22-19(10-20(23)27)25(35)34-24(33-22)6-14-2-3-21(31-13-14)15-7-16(28)9-17(29)8-15/h2-3,7-11,13,18,32H,4-6,12,30H2,1H3,(H,33,34,35)/t18-,26+/m1/s1. The average molecular weight is 496 g/mol. The quantitative estimate of drug-likeness (QED) is 0.354. The first-order chi connectivity index (χ1) is 16.6. The van der Waals surface area contributed by atoms with Crippen molar-refractivity contribution in [1.29, 1.82) is 0 Å². The van der Waals surface area contributed by atoms with Crippen LogP contribution in [-0.2, 0) is 6.42 Å². The largest absolute Gasteiger partial charge is 0.381 e. The first-order valence-corrected chi connectivity index (χ1v) is 11.7. The number of aromatic amines is 1. The molecule has 2 aromatic carbocycles. The second kappa shape index (κ2) is 9.02. The predicted molar refractivity (Wildman–Crippen MR) is 134 cm³/mol. The van der Waals surface area contributed by atoms with Crippen LogP contribution in [0, 0.1) is 11.6 Å². The lowest BCUT2D eigenvalue weighted by atomic mass is 10.0. The lowest BCUT2D eigenvalue weighted by Crippen LogP contribution is -2.34. The number of nitrogens with zero attached hydrogens (tertiary/aromatic N) is 2. The molecule has 0 aliphatic heterocycles. The van der Waals surface area contributed by atoms with E-state index in [0.717, 1.165) is 36.6 Å². The fourth-order valence-electron chi connectivity index (χ4n) is 4.61. The Morgan fingerprint density at radius 1 is 1.20 bits per heavy atom. The summed E-state index contributed by atoms with van der Waals surface area (Å²) in [5, 5.41) is 4.31. The Morgan fingerprint density at radius 3 is 2.63 bits per heavy atom. The van der Waals surface area contributed by atoms with Gasteiger partial charge in [-0.25, -0.2) is 13.8 Å². The van der Waals surface area contributed by atoms with Crippen LogP contribution in [0.25, 0.3) is 22.2 Å². The van der Waals surface area contributed by atoms with E-state index in [1.807, 2.05) is 6.92 Å². The third-order valence-corrected chi connectivity index (χ3v) is 6.65. The Bertz CT molecular complexity index is 1450. The van der Waals surface area contributed by atoms with Gasteiger partial charge in [-0.3, -0.25) is 9.78 Å². The Labute approximate surface area is 205 Å². The van der Waals surface area contributed by atoms with Gasteiger partial charge >= 0.3 is 0 Å². The molecule has 1 fully saturated rings. The van der Waals surface area contributed by atoms with E-state index in [1.165, 1.54) is 12.1 Å². The molecular weight excluding hydrogens is 472 g/mol. The SMILES string of the molecule is C[C@]1(N)CC[C@@H](Nc2cc3nc(Cc4ccc(-c5cc(F)cc(F)c5)nc4)[nH]c(=O)c3cc2Cl)C1. The Morgan fingerprint density at radius 2 is 1.97 bits per heavy atom. The molecular formula is C26H24ClF2N5O. The third kappa shape index (κ3) is 5.18. The summed E-state index contributed by atoms with van der Waals surface area (Å²) >= 11 is 6.45. The van der Waals surface area contributed by atoms with E-state index in [4.69, 9.17) is 17.3 Å². The molecule has 9 heteroatoms. The molecule has 4 aromatic rings. The molecule has 0 spiro atoms. The molecule has 1 saturated carbocycles.